The number of halogens is 1. The van der Waals surface area contributed by atoms with Crippen LogP contribution in [0.25, 0.3) is 0 Å². The number of aryl methyl sites for hydroxylation is 2. The number of thiophene rings is 1. The first-order chi connectivity index (χ1) is 9.10. The lowest BCUT2D eigenvalue weighted by Crippen LogP contribution is -2.22. The molecule has 102 valence electrons. The van der Waals surface area contributed by atoms with Crippen molar-refractivity contribution in [2.24, 2.45) is 0 Å². The number of benzene rings is 1. The maximum atomic E-state index is 3.62. The summed E-state index contributed by atoms with van der Waals surface area (Å²) in [4.78, 5) is 2.76. The normalized spacial score (nSPS) is 12.6. The molecular weight excluding hydrogens is 318 g/mol. The zero-order valence-corrected chi connectivity index (χ0v) is 14.1. The van der Waals surface area contributed by atoms with Gasteiger partial charge in [-0.1, -0.05) is 36.8 Å². The smallest absolute Gasteiger partial charge is 0.0456 e. The van der Waals surface area contributed by atoms with Crippen molar-refractivity contribution in [1.82, 2.24) is 5.32 Å². The second-order valence-electron chi connectivity index (χ2n) is 4.86. The summed E-state index contributed by atoms with van der Waals surface area (Å²) in [5.74, 6) is 0. The predicted octanol–water partition coefficient (Wildman–Crippen LogP) is 5.02. The summed E-state index contributed by atoms with van der Waals surface area (Å²) in [7, 11) is 0. The fourth-order valence-electron chi connectivity index (χ4n) is 2.25. The lowest BCUT2D eigenvalue weighted by Gasteiger charge is -2.16. The molecule has 0 aliphatic heterocycles. The number of likely N-dealkylation sites (N-methyl/N-ethyl adjacent to an activating group) is 1. The van der Waals surface area contributed by atoms with E-state index in [1.54, 1.807) is 0 Å². The number of hydrogen-bond donors (Lipinski definition) is 1. The van der Waals surface area contributed by atoms with E-state index in [2.05, 4.69) is 72.3 Å². The lowest BCUT2D eigenvalue weighted by molar-refractivity contribution is 0.558. The molecule has 3 heteroatoms. The highest BCUT2D eigenvalue weighted by molar-refractivity contribution is 9.10. The summed E-state index contributed by atoms with van der Waals surface area (Å²) < 4.78 is 1.22. The van der Waals surface area contributed by atoms with Crippen molar-refractivity contribution >= 4 is 27.3 Å². The summed E-state index contributed by atoms with van der Waals surface area (Å²) >= 11 is 5.49. The van der Waals surface area contributed by atoms with Gasteiger partial charge in [0.05, 0.1) is 0 Å². The predicted molar refractivity (Wildman–Crippen MR) is 88.1 cm³/mol. The molecule has 1 atom stereocenters. The quantitative estimate of drug-likeness (QED) is 0.807. The molecule has 0 aliphatic rings. The van der Waals surface area contributed by atoms with Crippen molar-refractivity contribution in [2.75, 3.05) is 6.54 Å². The third kappa shape index (κ3) is 3.91. The van der Waals surface area contributed by atoms with E-state index < -0.39 is 0 Å². The molecule has 0 amide bonds. The Labute approximate surface area is 128 Å². The van der Waals surface area contributed by atoms with Gasteiger partial charge in [-0.15, -0.1) is 11.3 Å². The summed E-state index contributed by atoms with van der Waals surface area (Å²) in [5, 5.41) is 3.60. The van der Waals surface area contributed by atoms with Gasteiger partial charge in [0.1, 0.15) is 0 Å². The molecule has 0 saturated carbocycles. The highest BCUT2D eigenvalue weighted by Gasteiger charge is 2.15. The molecule has 0 bridgehead atoms. The van der Waals surface area contributed by atoms with Crippen molar-refractivity contribution in [3.05, 3.63) is 55.7 Å². The van der Waals surface area contributed by atoms with Gasteiger partial charge >= 0.3 is 0 Å². The fraction of sp³-hybridized carbons (Fsp3) is 0.375. The van der Waals surface area contributed by atoms with Gasteiger partial charge < -0.3 is 5.32 Å². The Kier molecular flexibility index (Phi) is 5.20. The first-order valence-corrected chi connectivity index (χ1v) is 8.26. The van der Waals surface area contributed by atoms with E-state index in [0.29, 0.717) is 6.04 Å². The molecule has 0 fully saturated rings. The van der Waals surface area contributed by atoms with Crippen molar-refractivity contribution in [1.29, 1.82) is 0 Å². The molecule has 19 heavy (non-hydrogen) atoms. The second-order valence-corrected chi connectivity index (χ2v) is 7.00. The monoisotopic (exact) mass is 337 g/mol. The van der Waals surface area contributed by atoms with Crippen LogP contribution in [0.1, 0.15) is 33.8 Å². The Hall–Kier alpha value is -0.640. The summed E-state index contributed by atoms with van der Waals surface area (Å²) in [6, 6.07) is 11.4. The molecule has 0 radical (unpaired) electrons. The van der Waals surface area contributed by atoms with Crippen LogP contribution >= 0.6 is 27.3 Å². The highest BCUT2D eigenvalue weighted by atomic mass is 79.9. The molecule has 1 nitrogen and oxygen atoms in total. The van der Waals surface area contributed by atoms with Crippen LogP contribution in [0, 0.1) is 13.8 Å². The number of rotatable bonds is 5. The van der Waals surface area contributed by atoms with Gasteiger partial charge in [0.2, 0.25) is 0 Å². The van der Waals surface area contributed by atoms with E-state index in [1.807, 2.05) is 11.3 Å². The molecule has 0 spiro atoms. The first kappa shape index (κ1) is 14.8. The summed E-state index contributed by atoms with van der Waals surface area (Å²) in [6.45, 7) is 7.47. The van der Waals surface area contributed by atoms with Crippen molar-refractivity contribution in [2.45, 2.75) is 33.2 Å². The van der Waals surface area contributed by atoms with Crippen LogP contribution in [0.4, 0.5) is 0 Å². The van der Waals surface area contributed by atoms with E-state index in [9.17, 15) is 0 Å². The Bertz CT molecular complexity index is 528. The topological polar surface area (TPSA) is 12.0 Å². The Morgan fingerprint density at radius 3 is 2.63 bits per heavy atom. The maximum Gasteiger partial charge on any atom is 0.0456 e. The van der Waals surface area contributed by atoms with E-state index in [1.165, 1.54) is 25.4 Å². The third-order valence-electron chi connectivity index (χ3n) is 3.19. The SMILES string of the molecule is CCNC(Cc1cccc(C)c1)c1cc(Br)c(C)s1. The van der Waals surface area contributed by atoms with Gasteiger partial charge in [-0.25, -0.2) is 0 Å². The van der Waals surface area contributed by atoms with Gasteiger partial charge in [-0.3, -0.25) is 0 Å². The Morgan fingerprint density at radius 2 is 2.05 bits per heavy atom. The average Bonchev–Trinajstić information content (AvgIpc) is 2.69. The van der Waals surface area contributed by atoms with Crippen LogP contribution in [-0.2, 0) is 6.42 Å². The minimum atomic E-state index is 0.404. The van der Waals surface area contributed by atoms with Crippen LogP contribution in [0.15, 0.2) is 34.8 Å². The fourth-order valence-corrected chi connectivity index (χ4v) is 3.88. The Morgan fingerprint density at radius 1 is 1.26 bits per heavy atom. The zero-order chi connectivity index (χ0) is 13.8. The number of hydrogen-bond acceptors (Lipinski definition) is 2. The minimum absolute atomic E-state index is 0.404. The van der Waals surface area contributed by atoms with E-state index in [0.717, 1.165) is 13.0 Å². The first-order valence-electron chi connectivity index (χ1n) is 6.65. The average molecular weight is 338 g/mol. The van der Waals surface area contributed by atoms with Crippen LogP contribution in [0.3, 0.4) is 0 Å². The maximum absolute atomic E-state index is 3.62. The molecule has 1 aromatic carbocycles. The molecule has 1 aromatic heterocycles. The van der Waals surface area contributed by atoms with Crippen LogP contribution in [0.5, 0.6) is 0 Å². The largest absolute Gasteiger partial charge is 0.309 e. The Balaban J connectivity index is 2.20. The molecule has 1 heterocycles. The van der Waals surface area contributed by atoms with Crippen molar-refractivity contribution in [3.63, 3.8) is 0 Å². The third-order valence-corrected chi connectivity index (χ3v) is 5.44. The minimum Gasteiger partial charge on any atom is -0.309 e. The standard InChI is InChI=1S/C16H20BrNS/c1-4-18-15(16-10-14(17)12(3)19-16)9-13-7-5-6-11(2)8-13/h5-8,10,15,18H,4,9H2,1-3H3. The van der Waals surface area contributed by atoms with Gasteiger partial charge in [-0.2, -0.15) is 0 Å². The van der Waals surface area contributed by atoms with Crippen LogP contribution in [-0.4, -0.2) is 6.54 Å². The van der Waals surface area contributed by atoms with E-state index >= 15 is 0 Å². The molecule has 1 N–H and O–H groups in total. The van der Waals surface area contributed by atoms with Gasteiger partial charge in [0, 0.05) is 20.3 Å². The molecule has 0 aliphatic carbocycles. The molecule has 1 unspecified atom stereocenters. The molecular formula is C16H20BrNS. The van der Waals surface area contributed by atoms with E-state index in [4.69, 9.17) is 0 Å². The van der Waals surface area contributed by atoms with Crippen LogP contribution in [0.2, 0.25) is 0 Å². The lowest BCUT2D eigenvalue weighted by atomic mass is 10.0. The zero-order valence-electron chi connectivity index (χ0n) is 11.7. The van der Waals surface area contributed by atoms with Gasteiger partial charge in [0.15, 0.2) is 0 Å². The molecule has 0 saturated heterocycles. The van der Waals surface area contributed by atoms with Gasteiger partial charge in [-0.05, 0) is 54.4 Å². The summed E-state index contributed by atoms with van der Waals surface area (Å²) in [6.07, 6.45) is 1.04. The molecule has 2 rings (SSSR count). The second kappa shape index (κ2) is 6.69. The molecule has 2 aromatic rings. The van der Waals surface area contributed by atoms with Crippen molar-refractivity contribution in [3.8, 4) is 0 Å². The highest BCUT2D eigenvalue weighted by Crippen LogP contribution is 2.32. The van der Waals surface area contributed by atoms with Crippen LogP contribution < -0.4 is 5.32 Å². The van der Waals surface area contributed by atoms with E-state index in [-0.39, 0.29) is 0 Å². The summed E-state index contributed by atoms with van der Waals surface area (Å²) in [5.41, 5.74) is 2.73. The number of nitrogens with one attached hydrogen (secondary N) is 1. The van der Waals surface area contributed by atoms with Gasteiger partial charge in [0.25, 0.3) is 0 Å². The van der Waals surface area contributed by atoms with Crippen molar-refractivity contribution < 1.29 is 0 Å².